The molecule has 7 nitrogen and oxygen atoms in total. The zero-order valence-electron chi connectivity index (χ0n) is 17.3. The maximum Gasteiger partial charge on any atom is 0.255 e. The van der Waals surface area contributed by atoms with Gasteiger partial charge in [0, 0.05) is 26.2 Å². The van der Waals surface area contributed by atoms with Gasteiger partial charge in [0.25, 0.3) is 15.9 Å². The van der Waals surface area contributed by atoms with Crippen molar-refractivity contribution in [2.45, 2.75) is 36.3 Å². The number of thiophene rings is 1. The topological polar surface area (TPSA) is 86.8 Å². The largest absolute Gasteiger partial charge is 0.339 e. The minimum absolute atomic E-state index is 0.0684. The lowest BCUT2D eigenvalue weighted by molar-refractivity contribution is -0.120. The van der Waals surface area contributed by atoms with Crippen molar-refractivity contribution in [3.8, 4) is 0 Å². The van der Waals surface area contributed by atoms with Crippen LogP contribution in [-0.4, -0.2) is 55.6 Å². The number of anilines is 1. The van der Waals surface area contributed by atoms with E-state index < -0.39 is 15.9 Å². The number of carbonyl (C=O) groups is 2. The second kappa shape index (κ2) is 9.50. The molecule has 0 radical (unpaired) electrons. The van der Waals surface area contributed by atoms with Crippen molar-refractivity contribution in [1.82, 2.24) is 9.21 Å². The summed E-state index contributed by atoms with van der Waals surface area (Å²) in [7, 11) is -3.58. The summed E-state index contributed by atoms with van der Waals surface area (Å²) in [4.78, 5) is 27.8. The number of piperidine rings is 2. The number of amides is 2. The zero-order chi connectivity index (χ0) is 21.8. The van der Waals surface area contributed by atoms with Gasteiger partial charge in [0.15, 0.2) is 0 Å². The Kier molecular flexibility index (Phi) is 6.74. The van der Waals surface area contributed by atoms with Crippen LogP contribution in [0.4, 0.5) is 5.69 Å². The van der Waals surface area contributed by atoms with Crippen LogP contribution in [0.3, 0.4) is 0 Å². The lowest BCUT2D eigenvalue weighted by Crippen LogP contribution is -2.43. The van der Waals surface area contributed by atoms with Crippen molar-refractivity contribution >= 4 is 38.9 Å². The first kappa shape index (κ1) is 22.0. The molecule has 1 N–H and O–H groups in total. The summed E-state index contributed by atoms with van der Waals surface area (Å²) >= 11 is 1.18. The molecule has 1 atom stereocenters. The maximum absolute atomic E-state index is 13.0. The first-order chi connectivity index (χ1) is 15.0. The predicted octanol–water partition coefficient (Wildman–Crippen LogP) is 3.41. The van der Waals surface area contributed by atoms with Crippen molar-refractivity contribution in [2.24, 2.45) is 5.92 Å². The van der Waals surface area contributed by atoms with Crippen molar-refractivity contribution in [1.29, 1.82) is 0 Å². The molecule has 3 heterocycles. The molecule has 4 rings (SSSR count). The van der Waals surface area contributed by atoms with Crippen molar-refractivity contribution < 1.29 is 18.0 Å². The van der Waals surface area contributed by atoms with Gasteiger partial charge in [0.05, 0.1) is 17.2 Å². The third kappa shape index (κ3) is 4.83. The summed E-state index contributed by atoms with van der Waals surface area (Å²) in [5.74, 6) is -0.771. The number of para-hydroxylation sites is 1. The fraction of sp³-hybridized carbons (Fsp3) is 0.455. The van der Waals surface area contributed by atoms with E-state index in [0.29, 0.717) is 34.8 Å². The Bertz CT molecular complexity index is 1030. The lowest BCUT2D eigenvalue weighted by atomic mass is 9.98. The minimum atomic E-state index is -3.58. The number of benzene rings is 1. The lowest BCUT2D eigenvalue weighted by Gasteiger charge is -2.31. The van der Waals surface area contributed by atoms with Gasteiger partial charge in [-0.2, -0.15) is 4.31 Å². The first-order valence-corrected chi connectivity index (χ1v) is 13.0. The maximum atomic E-state index is 13.0. The summed E-state index contributed by atoms with van der Waals surface area (Å²) in [5, 5.41) is 4.64. The molecule has 1 aromatic carbocycles. The van der Waals surface area contributed by atoms with Crippen molar-refractivity contribution in [3.63, 3.8) is 0 Å². The van der Waals surface area contributed by atoms with Crippen molar-refractivity contribution in [2.75, 3.05) is 31.5 Å². The van der Waals surface area contributed by atoms with E-state index in [9.17, 15) is 18.0 Å². The number of hydrogen-bond donors (Lipinski definition) is 1. The molecule has 0 aliphatic carbocycles. The molecule has 2 amide bonds. The van der Waals surface area contributed by atoms with Gasteiger partial charge in [0.2, 0.25) is 5.91 Å². The molecular formula is C22H27N3O4S2. The average Bonchev–Trinajstić information content (AvgIpc) is 3.36. The van der Waals surface area contributed by atoms with Crippen LogP contribution in [0.2, 0.25) is 0 Å². The third-order valence-electron chi connectivity index (χ3n) is 5.90. The molecule has 0 saturated carbocycles. The van der Waals surface area contributed by atoms with Gasteiger partial charge >= 0.3 is 0 Å². The summed E-state index contributed by atoms with van der Waals surface area (Å²) in [6, 6.07) is 10.4. The van der Waals surface area contributed by atoms with Crippen LogP contribution in [0, 0.1) is 5.92 Å². The Morgan fingerprint density at radius 2 is 1.74 bits per heavy atom. The summed E-state index contributed by atoms with van der Waals surface area (Å²) in [6.07, 6.45) is 4.37. The van der Waals surface area contributed by atoms with Crippen LogP contribution in [-0.2, 0) is 14.8 Å². The SMILES string of the molecule is O=C(Nc1ccccc1C(=O)N1CCCCC1)C1CCCN(S(=O)(=O)c2cccs2)C1. The normalized spacial score (nSPS) is 20.4. The zero-order valence-corrected chi connectivity index (χ0v) is 19.0. The Morgan fingerprint density at radius 3 is 2.48 bits per heavy atom. The molecule has 2 aliphatic rings. The van der Waals surface area contributed by atoms with Gasteiger partial charge in [-0.05, 0) is 55.7 Å². The van der Waals surface area contributed by atoms with Crippen LogP contribution in [0.5, 0.6) is 0 Å². The third-order valence-corrected chi connectivity index (χ3v) is 9.14. The van der Waals surface area contributed by atoms with Gasteiger partial charge < -0.3 is 10.2 Å². The number of hydrogen-bond acceptors (Lipinski definition) is 5. The van der Waals surface area contributed by atoms with Gasteiger partial charge in [-0.1, -0.05) is 18.2 Å². The number of sulfonamides is 1. The molecule has 1 aromatic heterocycles. The molecule has 166 valence electrons. The van der Waals surface area contributed by atoms with E-state index in [1.807, 2.05) is 4.90 Å². The standard InChI is InChI=1S/C22H27N3O4S2/c26-21(17-8-6-14-25(16-17)31(28,29)20-11-7-15-30-20)23-19-10-3-2-9-18(19)22(27)24-12-4-1-5-13-24/h2-3,7,9-11,15,17H,1,4-6,8,12-14,16H2,(H,23,26). The number of rotatable bonds is 5. The number of nitrogens with one attached hydrogen (secondary N) is 1. The highest BCUT2D eigenvalue weighted by Gasteiger charge is 2.34. The van der Waals surface area contributed by atoms with Gasteiger partial charge in [-0.15, -0.1) is 11.3 Å². The monoisotopic (exact) mass is 461 g/mol. The highest BCUT2D eigenvalue weighted by Crippen LogP contribution is 2.28. The second-order valence-electron chi connectivity index (χ2n) is 8.02. The van der Waals surface area contributed by atoms with E-state index in [1.165, 1.54) is 15.6 Å². The molecule has 2 aliphatic heterocycles. The van der Waals surface area contributed by atoms with E-state index in [2.05, 4.69) is 5.32 Å². The summed E-state index contributed by atoms with van der Waals surface area (Å²) in [5.41, 5.74) is 0.970. The number of nitrogens with zero attached hydrogens (tertiary/aromatic N) is 2. The van der Waals surface area contributed by atoms with E-state index in [-0.39, 0.29) is 18.4 Å². The minimum Gasteiger partial charge on any atom is -0.339 e. The van der Waals surface area contributed by atoms with E-state index in [0.717, 1.165) is 32.4 Å². The molecule has 1 unspecified atom stereocenters. The van der Waals surface area contributed by atoms with Gasteiger partial charge in [0.1, 0.15) is 4.21 Å². The van der Waals surface area contributed by atoms with E-state index >= 15 is 0 Å². The molecule has 0 bridgehead atoms. The molecule has 2 aromatic rings. The number of likely N-dealkylation sites (tertiary alicyclic amines) is 1. The summed E-state index contributed by atoms with van der Waals surface area (Å²) < 4.78 is 27.4. The summed E-state index contributed by atoms with van der Waals surface area (Å²) in [6.45, 7) is 2.03. The molecule has 9 heteroatoms. The fourth-order valence-electron chi connectivity index (χ4n) is 4.19. The Hall–Kier alpha value is -2.23. The van der Waals surface area contributed by atoms with Crippen LogP contribution in [0.25, 0.3) is 0 Å². The van der Waals surface area contributed by atoms with Crippen LogP contribution >= 0.6 is 11.3 Å². The average molecular weight is 462 g/mol. The molecule has 2 fully saturated rings. The number of carbonyl (C=O) groups excluding carboxylic acids is 2. The molecule has 2 saturated heterocycles. The van der Waals surface area contributed by atoms with Crippen LogP contribution < -0.4 is 5.32 Å². The Morgan fingerprint density at radius 1 is 0.968 bits per heavy atom. The first-order valence-electron chi connectivity index (χ1n) is 10.7. The van der Waals surface area contributed by atoms with Crippen LogP contribution in [0.15, 0.2) is 46.0 Å². The van der Waals surface area contributed by atoms with E-state index in [1.54, 1.807) is 41.8 Å². The second-order valence-corrected chi connectivity index (χ2v) is 11.1. The fourth-order valence-corrected chi connectivity index (χ4v) is 6.86. The molecular weight excluding hydrogens is 434 g/mol. The Labute approximate surface area is 187 Å². The highest BCUT2D eigenvalue weighted by molar-refractivity contribution is 7.91. The van der Waals surface area contributed by atoms with Crippen molar-refractivity contribution in [3.05, 3.63) is 47.3 Å². The quantitative estimate of drug-likeness (QED) is 0.739. The molecule has 0 spiro atoms. The smallest absolute Gasteiger partial charge is 0.255 e. The Balaban J connectivity index is 1.47. The molecule has 31 heavy (non-hydrogen) atoms. The van der Waals surface area contributed by atoms with Crippen LogP contribution in [0.1, 0.15) is 42.5 Å². The van der Waals surface area contributed by atoms with Gasteiger partial charge in [-0.25, -0.2) is 8.42 Å². The highest BCUT2D eigenvalue weighted by atomic mass is 32.2. The predicted molar refractivity (Wildman–Crippen MR) is 121 cm³/mol. The van der Waals surface area contributed by atoms with E-state index in [4.69, 9.17) is 0 Å². The van der Waals surface area contributed by atoms with Gasteiger partial charge in [-0.3, -0.25) is 9.59 Å².